The summed E-state index contributed by atoms with van der Waals surface area (Å²) < 4.78 is 7.12. The van der Waals surface area contributed by atoms with Crippen LogP contribution in [0.4, 0.5) is 0 Å². The average molecular weight is 226 g/mol. The fraction of sp³-hybridized carbons (Fsp3) is 0.400. The van der Waals surface area contributed by atoms with E-state index in [1.807, 2.05) is 13.2 Å². The molecule has 15 heavy (non-hydrogen) atoms. The van der Waals surface area contributed by atoms with Crippen LogP contribution in [0.25, 0.3) is 11.3 Å². The molecule has 0 aliphatic carbocycles. The van der Waals surface area contributed by atoms with E-state index < -0.39 is 0 Å². The minimum atomic E-state index is 0.351. The summed E-state index contributed by atoms with van der Waals surface area (Å²) in [6.07, 6.45) is 4.20. The molecule has 0 fully saturated rings. The molecule has 5 heteroatoms. The van der Waals surface area contributed by atoms with E-state index in [4.69, 9.17) is 16.0 Å². The molecule has 0 radical (unpaired) electrons. The second kappa shape index (κ2) is 4.06. The van der Waals surface area contributed by atoms with Gasteiger partial charge >= 0.3 is 0 Å². The number of alkyl halides is 1. The van der Waals surface area contributed by atoms with E-state index in [0.29, 0.717) is 5.88 Å². The number of nitrogens with zero attached hydrogens (tertiary/aromatic N) is 3. The Morgan fingerprint density at radius 3 is 2.93 bits per heavy atom. The maximum absolute atomic E-state index is 5.78. The molecule has 2 heterocycles. The summed E-state index contributed by atoms with van der Waals surface area (Å²) in [6, 6.07) is 0. The third-order valence-corrected chi connectivity index (χ3v) is 2.51. The van der Waals surface area contributed by atoms with Gasteiger partial charge in [0.25, 0.3) is 0 Å². The van der Waals surface area contributed by atoms with Gasteiger partial charge in [0.2, 0.25) is 0 Å². The first kappa shape index (κ1) is 10.2. The summed E-state index contributed by atoms with van der Waals surface area (Å²) in [7, 11) is 1.89. The van der Waals surface area contributed by atoms with Gasteiger partial charge in [-0.2, -0.15) is 5.10 Å². The van der Waals surface area contributed by atoms with E-state index in [9.17, 15) is 0 Å². The van der Waals surface area contributed by atoms with Crippen molar-refractivity contribution >= 4 is 11.6 Å². The van der Waals surface area contributed by atoms with Crippen LogP contribution < -0.4 is 0 Å². The first-order valence-corrected chi connectivity index (χ1v) is 5.31. The SMILES string of the molecule is CCc1nn(C)cc1-c1ocnc1CCl. The molecule has 0 spiro atoms. The number of aromatic nitrogens is 3. The largest absolute Gasteiger partial charge is 0.443 e. The van der Waals surface area contributed by atoms with Crippen molar-refractivity contribution in [2.45, 2.75) is 19.2 Å². The summed E-state index contributed by atoms with van der Waals surface area (Å²) in [5.41, 5.74) is 2.74. The number of rotatable bonds is 3. The maximum atomic E-state index is 5.78. The molecule has 0 saturated carbocycles. The van der Waals surface area contributed by atoms with E-state index in [0.717, 1.165) is 29.1 Å². The molecule has 0 N–H and O–H groups in total. The molecule has 80 valence electrons. The zero-order chi connectivity index (χ0) is 10.8. The van der Waals surface area contributed by atoms with E-state index in [-0.39, 0.29) is 0 Å². The van der Waals surface area contributed by atoms with Crippen LogP contribution >= 0.6 is 11.6 Å². The molecule has 0 aliphatic heterocycles. The Labute approximate surface area is 92.9 Å². The number of hydrogen-bond acceptors (Lipinski definition) is 3. The Morgan fingerprint density at radius 2 is 2.27 bits per heavy atom. The lowest BCUT2D eigenvalue weighted by Gasteiger charge is -1.96. The highest BCUT2D eigenvalue weighted by atomic mass is 35.5. The van der Waals surface area contributed by atoms with E-state index in [1.165, 1.54) is 6.39 Å². The summed E-state index contributed by atoms with van der Waals surface area (Å²) in [6.45, 7) is 2.06. The van der Waals surface area contributed by atoms with Gasteiger partial charge < -0.3 is 4.42 Å². The lowest BCUT2D eigenvalue weighted by atomic mass is 10.1. The third kappa shape index (κ3) is 1.77. The Morgan fingerprint density at radius 1 is 1.47 bits per heavy atom. The van der Waals surface area contributed by atoms with Crippen molar-refractivity contribution in [3.05, 3.63) is 24.0 Å². The molecule has 2 aromatic heterocycles. The normalized spacial score (nSPS) is 10.9. The van der Waals surface area contributed by atoms with E-state index in [2.05, 4.69) is 17.0 Å². The molecular formula is C10H12ClN3O. The number of aryl methyl sites for hydroxylation is 2. The fourth-order valence-electron chi connectivity index (χ4n) is 1.57. The standard InChI is InChI=1S/C10H12ClN3O/c1-3-8-7(5-14(2)13-8)10-9(4-11)12-6-15-10/h5-6H,3-4H2,1-2H3. The fourth-order valence-corrected chi connectivity index (χ4v) is 1.76. The van der Waals surface area contributed by atoms with Crippen LogP contribution in [0.15, 0.2) is 17.0 Å². The predicted molar refractivity (Wildman–Crippen MR) is 57.6 cm³/mol. The molecule has 0 amide bonds. The molecule has 0 atom stereocenters. The van der Waals surface area contributed by atoms with Crippen molar-refractivity contribution in [3.63, 3.8) is 0 Å². The average Bonchev–Trinajstić information content (AvgIpc) is 2.82. The van der Waals surface area contributed by atoms with Crippen LogP contribution in [0.2, 0.25) is 0 Å². The maximum Gasteiger partial charge on any atom is 0.181 e. The van der Waals surface area contributed by atoms with Gasteiger partial charge in [-0.1, -0.05) is 6.92 Å². The Balaban J connectivity index is 2.52. The molecule has 2 rings (SSSR count). The first-order chi connectivity index (χ1) is 7.26. The number of oxazole rings is 1. The first-order valence-electron chi connectivity index (χ1n) is 4.77. The Hall–Kier alpha value is -1.29. The Kier molecular flexibility index (Phi) is 2.77. The highest BCUT2D eigenvalue weighted by Gasteiger charge is 2.15. The molecule has 0 aromatic carbocycles. The van der Waals surface area contributed by atoms with Crippen molar-refractivity contribution in [1.82, 2.24) is 14.8 Å². The highest BCUT2D eigenvalue weighted by Crippen LogP contribution is 2.27. The Bertz CT molecular complexity index is 461. The monoisotopic (exact) mass is 225 g/mol. The topological polar surface area (TPSA) is 43.9 Å². The van der Waals surface area contributed by atoms with Crippen LogP contribution in [-0.2, 0) is 19.3 Å². The van der Waals surface area contributed by atoms with Crippen molar-refractivity contribution in [1.29, 1.82) is 0 Å². The van der Waals surface area contributed by atoms with Crippen LogP contribution in [0.5, 0.6) is 0 Å². The molecule has 2 aromatic rings. The smallest absolute Gasteiger partial charge is 0.181 e. The zero-order valence-electron chi connectivity index (χ0n) is 8.70. The lowest BCUT2D eigenvalue weighted by Crippen LogP contribution is -1.89. The van der Waals surface area contributed by atoms with E-state index >= 15 is 0 Å². The number of hydrogen-bond donors (Lipinski definition) is 0. The van der Waals surface area contributed by atoms with Crippen molar-refractivity contribution in [2.24, 2.45) is 7.05 Å². The van der Waals surface area contributed by atoms with Crippen LogP contribution in [0.1, 0.15) is 18.3 Å². The lowest BCUT2D eigenvalue weighted by molar-refractivity contribution is 0.570. The molecule has 0 unspecified atom stereocenters. The predicted octanol–water partition coefficient (Wildman–Crippen LogP) is 2.38. The molecule has 0 saturated heterocycles. The second-order valence-corrected chi connectivity index (χ2v) is 3.55. The summed E-state index contributed by atoms with van der Waals surface area (Å²) in [4.78, 5) is 4.06. The van der Waals surface area contributed by atoms with E-state index in [1.54, 1.807) is 4.68 Å². The molecule has 4 nitrogen and oxygen atoms in total. The van der Waals surface area contributed by atoms with Crippen molar-refractivity contribution in [3.8, 4) is 11.3 Å². The minimum absolute atomic E-state index is 0.351. The van der Waals surface area contributed by atoms with Gasteiger partial charge in [0.05, 0.1) is 17.1 Å². The van der Waals surface area contributed by atoms with Crippen molar-refractivity contribution in [2.75, 3.05) is 0 Å². The van der Waals surface area contributed by atoms with Crippen LogP contribution in [0, 0.1) is 0 Å². The highest BCUT2D eigenvalue weighted by molar-refractivity contribution is 6.17. The molecule has 0 bridgehead atoms. The van der Waals surface area contributed by atoms with Crippen LogP contribution in [0.3, 0.4) is 0 Å². The van der Waals surface area contributed by atoms with Crippen LogP contribution in [-0.4, -0.2) is 14.8 Å². The van der Waals surface area contributed by atoms with Gasteiger partial charge in [-0.3, -0.25) is 4.68 Å². The quantitative estimate of drug-likeness (QED) is 0.754. The van der Waals surface area contributed by atoms with Gasteiger partial charge in [0, 0.05) is 13.2 Å². The number of halogens is 1. The van der Waals surface area contributed by atoms with Gasteiger partial charge in [0.15, 0.2) is 12.2 Å². The summed E-state index contributed by atoms with van der Waals surface area (Å²) >= 11 is 5.78. The summed E-state index contributed by atoms with van der Waals surface area (Å²) in [5, 5.41) is 4.35. The zero-order valence-corrected chi connectivity index (χ0v) is 9.45. The molecule has 0 aliphatic rings. The third-order valence-electron chi connectivity index (χ3n) is 2.25. The van der Waals surface area contributed by atoms with Gasteiger partial charge in [-0.25, -0.2) is 4.98 Å². The van der Waals surface area contributed by atoms with Gasteiger partial charge in [-0.05, 0) is 6.42 Å². The van der Waals surface area contributed by atoms with Gasteiger partial charge in [-0.15, -0.1) is 11.6 Å². The minimum Gasteiger partial charge on any atom is -0.443 e. The van der Waals surface area contributed by atoms with Gasteiger partial charge in [0.1, 0.15) is 5.69 Å². The summed E-state index contributed by atoms with van der Waals surface area (Å²) in [5.74, 6) is 1.08. The molecular weight excluding hydrogens is 214 g/mol. The van der Waals surface area contributed by atoms with Crippen molar-refractivity contribution < 1.29 is 4.42 Å². The second-order valence-electron chi connectivity index (χ2n) is 3.28.